The molecule has 0 aromatic heterocycles. The highest BCUT2D eigenvalue weighted by molar-refractivity contribution is 5.80. The van der Waals surface area contributed by atoms with Crippen LogP contribution < -0.4 is 15.2 Å². The predicted octanol–water partition coefficient (Wildman–Crippen LogP) is 2.38. The molecule has 0 spiro atoms. The average molecular weight is 252 g/mol. The van der Waals surface area contributed by atoms with Crippen molar-refractivity contribution in [3.63, 3.8) is 0 Å². The second-order valence-corrected chi connectivity index (χ2v) is 3.85. The summed E-state index contributed by atoms with van der Waals surface area (Å²) in [4.78, 5) is 0. The monoisotopic (exact) mass is 252 g/mol. The average Bonchev–Trinajstić information content (AvgIpc) is 2.40. The van der Waals surface area contributed by atoms with Crippen molar-refractivity contribution in [3.05, 3.63) is 24.3 Å². The minimum Gasteiger partial charge on any atom is -0.494 e. The second kappa shape index (κ2) is 7.42. The molecule has 5 nitrogen and oxygen atoms in total. The molecule has 0 radical (unpaired) electrons. The van der Waals surface area contributed by atoms with Gasteiger partial charge >= 0.3 is 0 Å². The third-order valence-electron chi connectivity index (χ3n) is 2.46. The third kappa shape index (κ3) is 4.53. The molecule has 0 saturated heterocycles. The van der Waals surface area contributed by atoms with Gasteiger partial charge in [-0.25, -0.2) is 0 Å². The highest BCUT2D eigenvalue weighted by Gasteiger charge is 2.10. The molecule has 1 unspecified atom stereocenters. The Morgan fingerprint density at radius 3 is 2.39 bits per heavy atom. The molecule has 0 bridgehead atoms. The normalized spacial score (nSPS) is 13.1. The largest absolute Gasteiger partial charge is 0.494 e. The van der Waals surface area contributed by atoms with E-state index in [1.165, 1.54) is 0 Å². The van der Waals surface area contributed by atoms with Crippen molar-refractivity contribution in [2.45, 2.75) is 32.8 Å². The first kappa shape index (κ1) is 14.2. The summed E-state index contributed by atoms with van der Waals surface area (Å²) in [5, 5.41) is 11.5. The quantitative estimate of drug-likeness (QED) is 0.338. The molecule has 1 atom stereocenters. The Kier molecular flexibility index (Phi) is 5.84. The van der Waals surface area contributed by atoms with Crippen LogP contribution >= 0.6 is 0 Å². The van der Waals surface area contributed by atoms with Gasteiger partial charge in [0.15, 0.2) is 0 Å². The van der Waals surface area contributed by atoms with Gasteiger partial charge in [0, 0.05) is 6.42 Å². The van der Waals surface area contributed by atoms with E-state index < -0.39 is 0 Å². The number of hydrogen-bond acceptors (Lipinski definition) is 4. The Morgan fingerprint density at radius 2 is 1.89 bits per heavy atom. The molecule has 18 heavy (non-hydrogen) atoms. The molecule has 100 valence electrons. The molecule has 5 heteroatoms. The summed E-state index contributed by atoms with van der Waals surface area (Å²) < 4.78 is 11.1. The topological polar surface area (TPSA) is 77.1 Å². The predicted molar refractivity (Wildman–Crippen MR) is 70.3 cm³/mol. The first-order valence-electron chi connectivity index (χ1n) is 6.05. The van der Waals surface area contributed by atoms with Gasteiger partial charge in [-0.2, -0.15) is 0 Å². The van der Waals surface area contributed by atoms with Gasteiger partial charge in [0.1, 0.15) is 23.4 Å². The highest BCUT2D eigenvalue weighted by Crippen LogP contribution is 2.20. The van der Waals surface area contributed by atoms with Crippen molar-refractivity contribution in [1.82, 2.24) is 0 Å². The van der Waals surface area contributed by atoms with E-state index in [2.05, 4.69) is 5.16 Å². The van der Waals surface area contributed by atoms with Crippen LogP contribution in [-0.4, -0.2) is 23.8 Å². The van der Waals surface area contributed by atoms with Crippen LogP contribution in [0.25, 0.3) is 0 Å². The highest BCUT2D eigenvalue weighted by atomic mass is 16.5. The van der Waals surface area contributed by atoms with E-state index in [9.17, 15) is 0 Å². The second-order valence-electron chi connectivity index (χ2n) is 3.85. The van der Waals surface area contributed by atoms with Gasteiger partial charge in [0.25, 0.3) is 0 Å². The Hall–Kier alpha value is -1.91. The molecule has 0 heterocycles. The zero-order valence-electron chi connectivity index (χ0n) is 10.8. The maximum atomic E-state index is 8.53. The number of ether oxygens (including phenoxy) is 2. The van der Waals surface area contributed by atoms with E-state index in [0.717, 1.165) is 17.9 Å². The molecule has 1 aromatic carbocycles. The van der Waals surface area contributed by atoms with Crippen LogP contribution in [-0.2, 0) is 0 Å². The SMILES string of the molecule is CCOc1ccc(OC(CC)C/C(N)=N/O)cc1. The molecule has 1 rings (SSSR count). The van der Waals surface area contributed by atoms with Crippen LogP contribution in [0.5, 0.6) is 11.5 Å². The van der Waals surface area contributed by atoms with Gasteiger partial charge < -0.3 is 20.4 Å². The summed E-state index contributed by atoms with van der Waals surface area (Å²) >= 11 is 0. The van der Waals surface area contributed by atoms with Gasteiger partial charge in [-0.3, -0.25) is 0 Å². The third-order valence-corrected chi connectivity index (χ3v) is 2.46. The molecular weight excluding hydrogens is 232 g/mol. The van der Waals surface area contributed by atoms with E-state index in [1.54, 1.807) is 0 Å². The fraction of sp³-hybridized carbons (Fsp3) is 0.462. The van der Waals surface area contributed by atoms with Crippen molar-refractivity contribution in [3.8, 4) is 11.5 Å². The van der Waals surface area contributed by atoms with E-state index in [-0.39, 0.29) is 11.9 Å². The van der Waals surface area contributed by atoms with Gasteiger partial charge in [-0.1, -0.05) is 12.1 Å². The molecule has 0 saturated carbocycles. The van der Waals surface area contributed by atoms with Gasteiger partial charge in [-0.05, 0) is 37.6 Å². The summed E-state index contributed by atoms with van der Waals surface area (Å²) in [7, 11) is 0. The molecular formula is C13H20N2O3. The summed E-state index contributed by atoms with van der Waals surface area (Å²) in [5.74, 6) is 1.73. The van der Waals surface area contributed by atoms with Crippen molar-refractivity contribution in [1.29, 1.82) is 0 Å². The first-order chi connectivity index (χ1) is 8.69. The Labute approximate surface area is 107 Å². The number of oxime groups is 1. The number of rotatable bonds is 7. The molecule has 0 aliphatic carbocycles. The van der Waals surface area contributed by atoms with Crippen molar-refractivity contribution in [2.24, 2.45) is 10.9 Å². The summed E-state index contributed by atoms with van der Waals surface area (Å²) in [5.41, 5.74) is 5.47. The Morgan fingerprint density at radius 1 is 1.28 bits per heavy atom. The maximum Gasteiger partial charge on any atom is 0.142 e. The lowest BCUT2D eigenvalue weighted by atomic mass is 10.2. The van der Waals surface area contributed by atoms with Gasteiger partial charge in [0.2, 0.25) is 0 Å². The lowest BCUT2D eigenvalue weighted by Gasteiger charge is -2.17. The lowest BCUT2D eigenvalue weighted by molar-refractivity contribution is 0.202. The molecule has 0 aliphatic heterocycles. The first-order valence-corrected chi connectivity index (χ1v) is 6.05. The van der Waals surface area contributed by atoms with Crippen LogP contribution in [0.2, 0.25) is 0 Å². The van der Waals surface area contributed by atoms with E-state index in [0.29, 0.717) is 13.0 Å². The van der Waals surface area contributed by atoms with E-state index >= 15 is 0 Å². The molecule has 0 amide bonds. The molecule has 0 fully saturated rings. The number of hydrogen-bond donors (Lipinski definition) is 2. The summed E-state index contributed by atoms with van der Waals surface area (Å²) in [6, 6.07) is 7.41. The van der Waals surface area contributed by atoms with Crippen LogP contribution in [0, 0.1) is 0 Å². The summed E-state index contributed by atoms with van der Waals surface area (Å²) in [6.07, 6.45) is 1.09. The standard InChI is InChI=1S/C13H20N2O3/c1-3-10(9-13(14)15-16)18-12-7-5-11(6-8-12)17-4-2/h5-8,10,16H,3-4,9H2,1-2H3,(H2,14,15). The zero-order chi connectivity index (χ0) is 13.4. The number of nitrogens with two attached hydrogens (primary N) is 1. The van der Waals surface area contributed by atoms with Crippen LogP contribution in [0.1, 0.15) is 26.7 Å². The van der Waals surface area contributed by atoms with Gasteiger partial charge in [0.05, 0.1) is 6.61 Å². The number of benzene rings is 1. The Bertz CT molecular complexity index is 376. The molecule has 3 N–H and O–H groups in total. The van der Waals surface area contributed by atoms with Gasteiger partial charge in [-0.15, -0.1) is 0 Å². The fourth-order valence-corrected chi connectivity index (χ4v) is 1.52. The van der Waals surface area contributed by atoms with E-state index in [4.69, 9.17) is 20.4 Å². The maximum absolute atomic E-state index is 8.53. The van der Waals surface area contributed by atoms with Crippen LogP contribution in [0.15, 0.2) is 29.4 Å². The van der Waals surface area contributed by atoms with Crippen molar-refractivity contribution < 1.29 is 14.7 Å². The number of amidine groups is 1. The van der Waals surface area contributed by atoms with Crippen molar-refractivity contribution in [2.75, 3.05) is 6.61 Å². The van der Waals surface area contributed by atoms with Crippen LogP contribution in [0.3, 0.4) is 0 Å². The van der Waals surface area contributed by atoms with Crippen LogP contribution in [0.4, 0.5) is 0 Å². The fourth-order valence-electron chi connectivity index (χ4n) is 1.52. The minimum absolute atomic E-state index is 0.0983. The summed E-state index contributed by atoms with van der Waals surface area (Å²) in [6.45, 7) is 4.57. The van der Waals surface area contributed by atoms with Crippen molar-refractivity contribution >= 4 is 5.84 Å². The smallest absolute Gasteiger partial charge is 0.142 e. The molecule has 1 aromatic rings. The number of nitrogens with zero attached hydrogens (tertiary/aromatic N) is 1. The Balaban J connectivity index is 2.58. The lowest BCUT2D eigenvalue weighted by Crippen LogP contribution is -2.24. The zero-order valence-corrected chi connectivity index (χ0v) is 10.8. The molecule has 0 aliphatic rings. The minimum atomic E-state index is -0.0983. The van der Waals surface area contributed by atoms with E-state index in [1.807, 2.05) is 38.1 Å².